The number of aryl methyl sites for hydroxylation is 1. The molecule has 1 aromatic heterocycles. The maximum absolute atomic E-state index is 11.7. The van der Waals surface area contributed by atoms with Gasteiger partial charge in [0.05, 0.1) is 12.1 Å². The van der Waals surface area contributed by atoms with E-state index < -0.39 is 5.97 Å². The number of carboxylic acid groups (broad SMARTS) is 1. The van der Waals surface area contributed by atoms with Gasteiger partial charge in [0.1, 0.15) is 0 Å². The molecule has 0 saturated carbocycles. The third kappa shape index (κ3) is 3.54. The van der Waals surface area contributed by atoms with Crippen LogP contribution < -0.4 is 0 Å². The summed E-state index contributed by atoms with van der Waals surface area (Å²) in [7, 11) is 0. The molecular formula is C24H20ClNO2. The van der Waals surface area contributed by atoms with Gasteiger partial charge in [-0.15, -0.1) is 0 Å². The first-order chi connectivity index (χ1) is 13.5. The van der Waals surface area contributed by atoms with Crippen molar-refractivity contribution in [3.05, 3.63) is 94.5 Å². The van der Waals surface area contributed by atoms with Gasteiger partial charge < -0.3 is 9.67 Å². The van der Waals surface area contributed by atoms with E-state index in [-0.39, 0.29) is 6.42 Å². The zero-order valence-corrected chi connectivity index (χ0v) is 16.3. The van der Waals surface area contributed by atoms with Crippen molar-refractivity contribution in [2.24, 2.45) is 0 Å². The van der Waals surface area contributed by atoms with Crippen LogP contribution in [-0.4, -0.2) is 15.6 Å². The Bertz CT molecular complexity index is 1140. The van der Waals surface area contributed by atoms with Crippen LogP contribution >= 0.6 is 11.6 Å². The monoisotopic (exact) mass is 389 g/mol. The number of rotatable bonds is 5. The quantitative estimate of drug-likeness (QED) is 0.458. The molecule has 0 aliphatic carbocycles. The van der Waals surface area contributed by atoms with E-state index in [0.29, 0.717) is 11.6 Å². The highest BCUT2D eigenvalue weighted by molar-refractivity contribution is 6.30. The molecule has 0 fully saturated rings. The number of hydrogen-bond acceptors (Lipinski definition) is 1. The Balaban J connectivity index is 2.00. The van der Waals surface area contributed by atoms with Gasteiger partial charge in [0, 0.05) is 22.5 Å². The first-order valence-corrected chi connectivity index (χ1v) is 9.54. The standard InChI is InChI=1S/C24H20ClNO2/c1-16-7-12-22-20(13-16)21(14-23(27)28)24(18-5-3-2-4-6-18)26(22)15-17-8-10-19(25)11-9-17/h2-13H,14-15H2,1H3,(H,27,28). The molecule has 140 valence electrons. The first-order valence-electron chi connectivity index (χ1n) is 9.16. The lowest BCUT2D eigenvalue weighted by Crippen LogP contribution is -2.05. The summed E-state index contributed by atoms with van der Waals surface area (Å²) in [6, 6.07) is 24.0. The maximum atomic E-state index is 11.7. The van der Waals surface area contributed by atoms with Crippen LogP contribution in [0.25, 0.3) is 22.2 Å². The van der Waals surface area contributed by atoms with Gasteiger partial charge in [0.25, 0.3) is 0 Å². The Morgan fingerprint density at radius 1 is 1.00 bits per heavy atom. The molecule has 0 spiro atoms. The molecule has 1 N–H and O–H groups in total. The van der Waals surface area contributed by atoms with Crippen molar-refractivity contribution in [1.29, 1.82) is 0 Å². The molecule has 1 heterocycles. The summed E-state index contributed by atoms with van der Waals surface area (Å²) in [6.07, 6.45) is -0.0161. The van der Waals surface area contributed by atoms with Gasteiger partial charge in [-0.25, -0.2) is 0 Å². The van der Waals surface area contributed by atoms with Gasteiger partial charge >= 0.3 is 5.97 Å². The van der Waals surface area contributed by atoms with Crippen LogP contribution in [0.3, 0.4) is 0 Å². The van der Waals surface area contributed by atoms with Crippen molar-refractivity contribution >= 4 is 28.5 Å². The highest BCUT2D eigenvalue weighted by Crippen LogP contribution is 2.35. The van der Waals surface area contributed by atoms with Crippen LogP contribution in [0, 0.1) is 6.92 Å². The van der Waals surface area contributed by atoms with Crippen molar-refractivity contribution in [1.82, 2.24) is 4.57 Å². The largest absolute Gasteiger partial charge is 0.481 e. The lowest BCUT2D eigenvalue weighted by atomic mass is 10.0. The molecular weight excluding hydrogens is 370 g/mol. The molecule has 0 aliphatic heterocycles. The number of aliphatic carboxylic acids is 1. The third-order valence-corrected chi connectivity index (χ3v) is 5.20. The molecule has 4 heteroatoms. The molecule has 4 aromatic rings. The third-order valence-electron chi connectivity index (χ3n) is 4.95. The van der Waals surface area contributed by atoms with E-state index in [1.165, 1.54) is 0 Å². The van der Waals surface area contributed by atoms with Crippen LogP contribution in [0.15, 0.2) is 72.8 Å². The normalized spacial score (nSPS) is 11.1. The van der Waals surface area contributed by atoms with Gasteiger partial charge in [0.2, 0.25) is 0 Å². The molecule has 4 rings (SSSR count). The Morgan fingerprint density at radius 2 is 1.71 bits per heavy atom. The van der Waals surface area contributed by atoms with Gasteiger partial charge in [-0.1, -0.05) is 65.7 Å². The van der Waals surface area contributed by atoms with Crippen molar-refractivity contribution < 1.29 is 9.90 Å². The second kappa shape index (κ2) is 7.53. The van der Waals surface area contributed by atoms with Crippen LogP contribution in [0.5, 0.6) is 0 Å². The van der Waals surface area contributed by atoms with E-state index in [1.54, 1.807) is 0 Å². The van der Waals surface area contributed by atoms with E-state index in [1.807, 2.05) is 61.5 Å². The lowest BCUT2D eigenvalue weighted by Gasteiger charge is -2.13. The van der Waals surface area contributed by atoms with E-state index in [2.05, 4.69) is 22.8 Å². The van der Waals surface area contributed by atoms with Gasteiger partial charge in [0.15, 0.2) is 0 Å². The van der Waals surface area contributed by atoms with E-state index in [9.17, 15) is 9.90 Å². The lowest BCUT2D eigenvalue weighted by molar-refractivity contribution is -0.136. The summed E-state index contributed by atoms with van der Waals surface area (Å²) in [6.45, 7) is 2.67. The predicted molar refractivity (Wildman–Crippen MR) is 114 cm³/mol. The van der Waals surface area contributed by atoms with E-state index in [4.69, 9.17) is 11.6 Å². The summed E-state index contributed by atoms with van der Waals surface area (Å²) >= 11 is 6.04. The Hall–Kier alpha value is -3.04. The minimum Gasteiger partial charge on any atom is -0.481 e. The number of carboxylic acids is 1. The average molecular weight is 390 g/mol. The van der Waals surface area contributed by atoms with E-state index >= 15 is 0 Å². The fourth-order valence-electron chi connectivity index (χ4n) is 3.73. The first kappa shape index (κ1) is 18.3. The number of aromatic nitrogens is 1. The zero-order valence-electron chi connectivity index (χ0n) is 15.5. The Labute approximate surface area is 168 Å². The topological polar surface area (TPSA) is 42.2 Å². The molecule has 3 nitrogen and oxygen atoms in total. The fourth-order valence-corrected chi connectivity index (χ4v) is 3.86. The molecule has 0 aliphatic rings. The van der Waals surface area contributed by atoms with Crippen LogP contribution in [-0.2, 0) is 17.8 Å². The van der Waals surface area contributed by atoms with Gasteiger partial charge in [-0.05, 0) is 47.9 Å². The number of hydrogen-bond donors (Lipinski definition) is 1. The second-order valence-electron chi connectivity index (χ2n) is 7.00. The van der Waals surface area contributed by atoms with E-state index in [0.717, 1.165) is 38.9 Å². The van der Waals surface area contributed by atoms with Gasteiger partial charge in [-0.3, -0.25) is 4.79 Å². The molecule has 0 radical (unpaired) electrons. The minimum absolute atomic E-state index is 0.0161. The molecule has 0 atom stereocenters. The summed E-state index contributed by atoms with van der Waals surface area (Å²) in [5, 5.41) is 11.3. The maximum Gasteiger partial charge on any atom is 0.307 e. The van der Waals surface area contributed by atoms with Crippen molar-refractivity contribution in [2.45, 2.75) is 19.9 Å². The van der Waals surface area contributed by atoms with Crippen LogP contribution in [0.2, 0.25) is 5.02 Å². The molecule has 28 heavy (non-hydrogen) atoms. The second-order valence-corrected chi connectivity index (χ2v) is 7.43. The fraction of sp³-hybridized carbons (Fsp3) is 0.125. The SMILES string of the molecule is Cc1ccc2c(c1)c(CC(=O)O)c(-c1ccccc1)n2Cc1ccc(Cl)cc1. The highest BCUT2D eigenvalue weighted by atomic mass is 35.5. The number of carbonyl (C=O) groups is 1. The minimum atomic E-state index is -0.829. The smallest absolute Gasteiger partial charge is 0.307 e. The summed E-state index contributed by atoms with van der Waals surface area (Å²) in [4.78, 5) is 11.7. The number of fused-ring (bicyclic) bond motifs is 1. The Kier molecular flexibility index (Phi) is 4.93. The average Bonchev–Trinajstić information content (AvgIpc) is 2.96. The van der Waals surface area contributed by atoms with Crippen molar-refractivity contribution in [3.8, 4) is 11.3 Å². The molecule has 0 amide bonds. The summed E-state index contributed by atoms with van der Waals surface area (Å²) in [5.74, 6) is -0.829. The molecule has 0 bridgehead atoms. The summed E-state index contributed by atoms with van der Waals surface area (Å²) < 4.78 is 2.21. The number of halogens is 1. The zero-order chi connectivity index (χ0) is 19.7. The predicted octanol–water partition coefficient (Wildman–Crippen LogP) is 5.95. The molecule has 0 unspecified atom stereocenters. The van der Waals surface area contributed by atoms with Crippen LogP contribution in [0.4, 0.5) is 0 Å². The van der Waals surface area contributed by atoms with Gasteiger partial charge in [-0.2, -0.15) is 0 Å². The van der Waals surface area contributed by atoms with Crippen LogP contribution in [0.1, 0.15) is 16.7 Å². The summed E-state index contributed by atoms with van der Waals surface area (Å²) in [5.41, 5.74) is 6.09. The number of benzene rings is 3. The van der Waals surface area contributed by atoms with Crippen molar-refractivity contribution in [2.75, 3.05) is 0 Å². The molecule has 0 saturated heterocycles. The number of nitrogens with zero attached hydrogens (tertiary/aromatic N) is 1. The molecule has 3 aromatic carbocycles. The highest BCUT2D eigenvalue weighted by Gasteiger charge is 2.20. The van der Waals surface area contributed by atoms with Crippen molar-refractivity contribution in [3.63, 3.8) is 0 Å². The Morgan fingerprint density at radius 3 is 2.39 bits per heavy atom.